The zero-order chi connectivity index (χ0) is 12.4. The first-order valence-corrected chi connectivity index (χ1v) is 5.38. The van der Waals surface area contributed by atoms with Gasteiger partial charge in [0.25, 0.3) is 0 Å². The molecule has 5 heteroatoms. The summed E-state index contributed by atoms with van der Waals surface area (Å²) in [6.07, 6.45) is 3.79. The second-order valence-electron chi connectivity index (χ2n) is 3.32. The molecule has 0 spiro atoms. The predicted octanol–water partition coefficient (Wildman–Crippen LogP) is 2.07. The molecule has 92 valence electrons. The highest BCUT2D eigenvalue weighted by atomic mass is 17.1. The van der Waals surface area contributed by atoms with Crippen LogP contribution in [0.15, 0.2) is 11.6 Å². The van der Waals surface area contributed by atoms with Gasteiger partial charge >= 0.3 is 11.9 Å². The Morgan fingerprint density at radius 1 is 1.25 bits per heavy atom. The van der Waals surface area contributed by atoms with Crippen molar-refractivity contribution in [3.05, 3.63) is 11.6 Å². The van der Waals surface area contributed by atoms with E-state index in [4.69, 9.17) is 9.99 Å². The van der Waals surface area contributed by atoms with Crippen LogP contribution in [0.3, 0.4) is 0 Å². The second kappa shape index (κ2) is 8.91. The molecule has 0 aromatic heterocycles. The van der Waals surface area contributed by atoms with E-state index in [-0.39, 0.29) is 5.57 Å². The maximum absolute atomic E-state index is 11.2. The Morgan fingerprint density at radius 3 is 2.44 bits per heavy atom. The molecule has 0 bridgehead atoms. The predicted molar refractivity (Wildman–Crippen MR) is 57.6 cm³/mol. The molecular weight excluding hydrogens is 212 g/mol. The largest absolute Gasteiger partial charge is 0.463 e. The van der Waals surface area contributed by atoms with Crippen molar-refractivity contribution in [3.8, 4) is 0 Å². The van der Waals surface area contributed by atoms with Gasteiger partial charge in [-0.25, -0.2) is 9.59 Å². The fraction of sp³-hybridized carbons (Fsp3) is 0.636. The molecule has 0 aromatic rings. The van der Waals surface area contributed by atoms with Crippen LogP contribution in [-0.2, 0) is 19.2 Å². The average molecular weight is 230 g/mol. The summed E-state index contributed by atoms with van der Waals surface area (Å²) in [6.45, 7) is 4.14. The van der Waals surface area contributed by atoms with Crippen molar-refractivity contribution in [1.29, 1.82) is 0 Å². The minimum atomic E-state index is -0.901. The van der Waals surface area contributed by atoms with Crippen molar-refractivity contribution in [1.82, 2.24) is 0 Å². The minimum Gasteiger partial charge on any atom is -0.463 e. The molecule has 0 fully saturated rings. The van der Waals surface area contributed by atoms with E-state index >= 15 is 0 Å². The zero-order valence-electron chi connectivity index (χ0n) is 9.69. The first kappa shape index (κ1) is 14.6. The van der Waals surface area contributed by atoms with Crippen molar-refractivity contribution in [2.24, 2.45) is 0 Å². The number of carbonyl (C=O) groups excluding carboxylic acids is 2. The van der Waals surface area contributed by atoms with Gasteiger partial charge in [0.2, 0.25) is 0 Å². The van der Waals surface area contributed by atoms with Gasteiger partial charge in [-0.05, 0) is 19.3 Å². The summed E-state index contributed by atoms with van der Waals surface area (Å²) in [5, 5.41) is 8.25. The lowest BCUT2D eigenvalue weighted by atomic mass is 10.1. The van der Waals surface area contributed by atoms with E-state index in [1.54, 1.807) is 0 Å². The number of esters is 1. The Kier molecular flexibility index (Phi) is 8.15. The number of hydrogen-bond donors (Lipinski definition) is 1. The molecule has 0 saturated heterocycles. The zero-order valence-corrected chi connectivity index (χ0v) is 9.69. The highest BCUT2D eigenvalue weighted by Crippen LogP contribution is 2.09. The third-order valence-electron chi connectivity index (χ3n) is 1.89. The number of rotatable bonds is 7. The molecule has 0 rings (SSSR count). The first-order chi connectivity index (χ1) is 7.65. The van der Waals surface area contributed by atoms with E-state index in [1.165, 1.54) is 0 Å². The third kappa shape index (κ3) is 6.19. The van der Waals surface area contributed by atoms with Crippen LogP contribution in [0.1, 0.15) is 39.5 Å². The van der Waals surface area contributed by atoms with Gasteiger partial charge in [-0.2, -0.15) is 5.26 Å². The topological polar surface area (TPSA) is 72.8 Å². The summed E-state index contributed by atoms with van der Waals surface area (Å²) < 4.78 is 4.79. The smallest absolute Gasteiger partial charge is 0.369 e. The van der Waals surface area contributed by atoms with Crippen LogP contribution in [0.2, 0.25) is 0 Å². The van der Waals surface area contributed by atoms with Gasteiger partial charge in [0.05, 0.1) is 6.61 Å². The van der Waals surface area contributed by atoms with Crippen LogP contribution in [0.5, 0.6) is 0 Å². The Balaban J connectivity index is 4.41. The highest BCUT2D eigenvalue weighted by molar-refractivity contribution is 5.96. The molecule has 0 aliphatic heterocycles. The third-order valence-corrected chi connectivity index (χ3v) is 1.89. The molecule has 0 amide bonds. The number of carbonyl (C=O) groups is 2. The van der Waals surface area contributed by atoms with Crippen molar-refractivity contribution in [2.75, 3.05) is 6.61 Å². The van der Waals surface area contributed by atoms with Crippen LogP contribution >= 0.6 is 0 Å². The lowest BCUT2D eigenvalue weighted by Gasteiger charge is -2.03. The maximum Gasteiger partial charge on any atom is 0.369 e. The van der Waals surface area contributed by atoms with Gasteiger partial charge in [0.1, 0.15) is 0 Å². The molecule has 0 unspecified atom stereocenters. The van der Waals surface area contributed by atoms with Gasteiger partial charge in [0, 0.05) is 11.6 Å². The summed E-state index contributed by atoms with van der Waals surface area (Å²) in [5.74, 6) is -1.49. The quantitative estimate of drug-likeness (QED) is 0.314. The normalized spacial score (nSPS) is 11.1. The summed E-state index contributed by atoms with van der Waals surface area (Å²) in [5.41, 5.74) is 0.130. The van der Waals surface area contributed by atoms with E-state index in [0.29, 0.717) is 19.4 Å². The summed E-state index contributed by atoms with van der Waals surface area (Å²) in [7, 11) is 0. The molecule has 0 atom stereocenters. The fourth-order valence-electron chi connectivity index (χ4n) is 1.05. The molecule has 5 nitrogen and oxygen atoms in total. The molecule has 0 saturated carbocycles. The molecule has 0 radical (unpaired) electrons. The Hall–Kier alpha value is -1.36. The fourth-order valence-corrected chi connectivity index (χ4v) is 1.05. The van der Waals surface area contributed by atoms with Gasteiger partial charge in [-0.15, -0.1) is 0 Å². The van der Waals surface area contributed by atoms with Crippen molar-refractivity contribution in [2.45, 2.75) is 39.5 Å². The first-order valence-electron chi connectivity index (χ1n) is 5.38. The SMILES string of the molecule is CCCCC(=CC(=O)OCCC)C(=O)OO. The molecule has 0 aromatic carbocycles. The molecule has 0 aliphatic carbocycles. The van der Waals surface area contributed by atoms with Crippen LogP contribution in [0.25, 0.3) is 0 Å². The number of ether oxygens (including phenoxy) is 1. The number of hydrogen-bond acceptors (Lipinski definition) is 5. The molecule has 16 heavy (non-hydrogen) atoms. The van der Waals surface area contributed by atoms with Crippen molar-refractivity contribution < 1.29 is 24.5 Å². The van der Waals surface area contributed by atoms with Crippen LogP contribution in [0, 0.1) is 0 Å². The van der Waals surface area contributed by atoms with Crippen molar-refractivity contribution in [3.63, 3.8) is 0 Å². The van der Waals surface area contributed by atoms with E-state index in [9.17, 15) is 9.59 Å². The lowest BCUT2D eigenvalue weighted by Crippen LogP contribution is -2.10. The van der Waals surface area contributed by atoms with Crippen LogP contribution < -0.4 is 0 Å². The van der Waals surface area contributed by atoms with Gasteiger partial charge in [0.15, 0.2) is 0 Å². The minimum absolute atomic E-state index is 0.130. The van der Waals surface area contributed by atoms with Gasteiger partial charge in [-0.1, -0.05) is 20.3 Å². The summed E-state index contributed by atoms with van der Waals surface area (Å²) in [6, 6.07) is 0. The Morgan fingerprint density at radius 2 is 1.94 bits per heavy atom. The van der Waals surface area contributed by atoms with E-state index < -0.39 is 11.9 Å². The van der Waals surface area contributed by atoms with E-state index in [1.807, 2.05) is 13.8 Å². The van der Waals surface area contributed by atoms with Gasteiger partial charge in [-0.3, -0.25) is 4.89 Å². The molecular formula is C11H18O5. The van der Waals surface area contributed by atoms with Crippen LogP contribution in [-0.4, -0.2) is 23.8 Å². The Bertz CT molecular complexity index is 257. The molecule has 0 aliphatic rings. The van der Waals surface area contributed by atoms with Gasteiger partial charge < -0.3 is 4.74 Å². The van der Waals surface area contributed by atoms with E-state index in [0.717, 1.165) is 18.9 Å². The van der Waals surface area contributed by atoms with Crippen molar-refractivity contribution >= 4 is 11.9 Å². The summed E-state index contributed by atoms with van der Waals surface area (Å²) >= 11 is 0. The second-order valence-corrected chi connectivity index (χ2v) is 3.32. The standard InChI is InChI=1S/C11H18O5/c1-3-5-6-9(11(13)16-14)8-10(12)15-7-4-2/h8,14H,3-7H2,1-2H3. The molecule has 0 heterocycles. The van der Waals surface area contributed by atoms with Crippen LogP contribution in [0.4, 0.5) is 0 Å². The highest BCUT2D eigenvalue weighted by Gasteiger charge is 2.13. The average Bonchev–Trinajstić information content (AvgIpc) is 2.30. The van der Waals surface area contributed by atoms with E-state index in [2.05, 4.69) is 4.89 Å². The maximum atomic E-state index is 11.2. The monoisotopic (exact) mass is 230 g/mol. The number of unbranched alkanes of at least 4 members (excludes halogenated alkanes) is 1. The Labute approximate surface area is 95.0 Å². The molecule has 1 N–H and O–H groups in total. The summed E-state index contributed by atoms with van der Waals surface area (Å²) in [4.78, 5) is 25.9. The lowest BCUT2D eigenvalue weighted by molar-refractivity contribution is -0.229.